The first kappa shape index (κ1) is 14.2. The largest absolute Gasteiger partial charge is 0.428 e. The van der Waals surface area contributed by atoms with Crippen LogP contribution in [0.3, 0.4) is 0 Å². The van der Waals surface area contributed by atoms with Crippen molar-refractivity contribution in [2.24, 2.45) is 5.41 Å². The first-order chi connectivity index (χ1) is 6.74. The number of unbranched alkanes of at least 4 members (excludes halogenated alkanes) is 1. The monoisotopic (exact) mass is 216 g/mol. The molecule has 0 rings (SSSR count). The minimum absolute atomic E-state index is 0.592. The second-order valence-electron chi connectivity index (χ2n) is 4.45. The summed E-state index contributed by atoms with van der Waals surface area (Å²) in [5.74, 6) is 0. The summed E-state index contributed by atoms with van der Waals surface area (Å²) in [5.41, 5.74) is 0.592. The van der Waals surface area contributed by atoms with Crippen LogP contribution in [0.1, 0.15) is 65.7 Å². The highest BCUT2D eigenvalue weighted by molar-refractivity contribution is 5.97. The Morgan fingerprint density at radius 2 is 1.71 bits per heavy atom. The summed E-state index contributed by atoms with van der Waals surface area (Å²) < 4.78 is 5.36. The Labute approximate surface area is 93.2 Å². The number of hydrogen-bond acceptors (Lipinski definition) is 1. The summed E-state index contributed by atoms with van der Waals surface area (Å²) in [7, 11) is 0.894. The van der Waals surface area contributed by atoms with Crippen LogP contribution in [0.4, 0.5) is 0 Å². The molecule has 14 heavy (non-hydrogen) atoms. The lowest BCUT2D eigenvalue weighted by molar-refractivity contribution is 0.160. The second-order valence-corrected chi connectivity index (χ2v) is 5.03. The van der Waals surface area contributed by atoms with E-state index in [-0.39, 0.29) is 0 Å². The van der Waals surface area contributed by atoms with Gasteiger partial charge < -0.3 is 4.43 Å². The molecule has 1 nitrogen and oxygen atoms in total. The molecule has 0 aromatic rings. The molecule has 0 aliphatic carbocycles. The van der Waals surface area contributed by atoms with E-state index in [0.29, 0.717) is 5.41 Å². The maximum Gasteiger partial charge on any atom is 0.145 e. The maximum absolute atomic E-state index is 5.36. The van der Waals surface area contributed by atoms with Crippen molar-refractivity contribution in [1.82, 2.24) is 0 Å². The van der Waals surface area contributed by atoms with E-state index >= 15 is 0 Å². The van der Waals surface area contributed by atoms with Gasteiger partial charge in [0, 0.05) is 6.61 Å². The van der Waals surface area contributed by atoms with Gasteiger partial charge in [-0.15, -0.1) is 0 Å². The molecule has 0 N–H and O–H groups in total. The van der Waals surface area contributed by atoms with Crippen LogP contribution < -0.4 is 0 Å². The average molecular weight is 216 g/mol. The Morgan fingerprint density at radius 3 is 2.14 bits per heavy atom. The van der Waals surface area contributed by atoms with Gasteiger partial charge in [-0.05, 0) is 24.7 Å². The van der Waals surface area contributed by atoms with Crippen LogP contribution in [0.25, 0.3) is 0 Å². The Hall–Kier alpha value is 0.177. The normalized spacial score (nSPS) is 15.6. The van der Waals surface area contributed by atoms with Gasteiger partial charge in [-0.2, -0.15) is 0 Å². The standard InChI is InChI=1S/C12H28OSi/c1-4-7-9-12(6-3,8-5-2)10-11-13-14/h4-11H2,1-3,14H3. The lowest BCUT2D eigenvalue weighted by Gasteiger charge is -2.32. The van der Waals surface area contributed by atoms with Crippen LogP contribution in [-0.2, 0) is 4.43 Å². The molecule has 0 aliphatic heterocycles. The SMILES string of the molecule is CCCCC(CC)(CCC)CCO[SiH3]. The summed E-state index contributed by atoms with van der Waals surface area (Å²) in [6.45, 7) is 7.93. The molecule has 0 heterocycles. The molecule has 0 aromatic carbocycles. The van der Waals surface area contributed by atoms with Crippen molar-refractivity contribution in [3.8, 4) is 0 Å². The van der Waals surface area contributed by atoms with Crippen molar-refractivity contribution >= 4 is 10.5 Å². The fraction of sp³-hybridized carbons (Fsp3) is 1.00. The lowest BCUT2D eigenvalue weighted by atomic mass is 9.74. The first-order valence-electron chi connectivity index (χ1n) is 6.23. The van der Waals surface area contributed by atoms with E-state index in [1.165, 1.54) is 44.9 Å². The third-order valence-corrected chi connectivity index (χ3v) is 3.84. The molecule has 0 saturated carbocycles. The fourth-order valence-electron chi connectivity index (χ4n) is 2.31. The predicted molar refractivity (Wildman–Crippen MR) is 67.7 cm³/mol. The third-order valence-electron chi connectivity index (χ3n) is 3.43. The molecule has 1 atom stereocenters. The van der Waals surface area contributed by atoms with Gasteiger partial charge in [0.2, 0.25) is 0 Å². The summed E-state index contributed by atoms with van der Waals surface area (Å²) in [5, 5.41) is 0. The Morgan fingerprint density at radius 1 is 1.00 bits per heavy atom. The van der Waals surface area contributed by atoms with Crippen molar-refractivity contribution < 1.29 is 4.43 Å². The molecule has 0 saturated heterocycles. The zero-order valence-corrected chi connectivity index (χ0v) is 12.6. The average Bonchev–Trinajstić information content (AvgIpc) is 2.22. The first-order valence-corrected chi connectivity index (χ1v) is 7.05. The zero-order chi connectivity index (χ0) is 10.9. The van der Waals surface area contributed by atoms with E-state index < -0.39 is 0 Å². The highest BCUT2D eigenvalue weighted by Crippen LogP contribution is 2.37. The second kappa shape index (κ2) is 8.48. The molecule has 1 unspecified atom stereocenters. The van der Waals surface area contributed by atoms with Crippen LogP contribution in [0.15, 0.2) is 0 Å². The minimum Gasteiger partial charge on any atom is -0.428 e. The summed E-state index contributed by atoms with van der Waals surface area (Å²) in [4.78, 5) is 0. The van der Waals surface area contributed by atoms with Gasteiger partial charge >= 0.3 is 0 Å². The molecule has 0 aliphatic rings. The van der Waals surface area contributed by atoms with Crippen molar-refractivity contribution in [2.75, 3.05) is 6.61 Å². The van der Waals surface area contributed by atoms with Crippen molar-refractivity contribution in [1.29, 1.82) is 0 Å². The molecule has 86 valence electrons. The Balaban J connectivity index is 4.11. The van der Waals surface area contributed by atoms with Crippen LogP contribution in [0, 0.1) is 5.41 Å². The molecular formula is C12H28OSi. The van der Waals surface area contributed by atoms with E-state index in [9.17, 15) is 0 Å². The molecule has 0 amide bonds. The van der Waals surface area contributed by atoms with Gasteiger partial charge in [-0.1, -0.05) is 46.5 Å². The fourth-order valence-corrected chi connectivity index (χ4v) is 2.51. The number of hydrogen-bond donors (Lipinski definition) is 0. The van der Waals surface area contributed by atoms with E-state index in [0.717, 1.165) is 17.1 Å². The van der Waals surface area contributed by atoms with E-state index in [4.69, 9.17) is 4.43 Å². The van der Waals surface area contributed by atoms with Crippen molar-refractivity contribution in [2.45, 2.75) is 65.7 Å². The molecule has 0 spiro atoms. The van der Waals surface area contributed by atoms with Crippen molar-refractivity contribution in [3.63, 3.8) is 0 Å². The topological polar surface area (TPSA) is 9.23 Å². The lowest BCUT2D eigenvalue weighted by Crippen LogP contribution is -2.22. The molecule has 2 heteroatoms. The Bertz CT molecular complexity index is 117. The molecular weight excluding hydrogens is 188 g/mol. The molecule has 0 bridgehead atoms. The molecule has 0 fully saturated rings. The highest BCUT2D eigenvalue weighted by atomic mass is 28.2. The van der Waals surface area contributed by atoms with Gasteiger partial charge in [0.1, 0.15) is 10.5 Å². The van der Waals surface area contributed by atoms with Gasteiger partial charge in [0.05, 0.1) is 0 Å². The van der Waals surface area contributed by atoms with Gasteiger partial charge in [-0.25, -0.2) is 0 Å². The van der Waals surface area contributed by atoms with Crippen LogP contribution in [0.2, 0.25) is 0 Å². The van der Waals surface area contributed by atoms with Crippen molar-refractivity contribution in [3.05, 3.63) is 0 Å². The quantitative estimate of drug-likeness (QED) is 0.538. The van der Waals surface area contributed by atoms with E-state index in [1.54, 1.807) is 0 Å². The van der Waals surface area contributed by atoms with Crippen LogP contribution in [-0.4, -0.2) is 17.1 Å². The molecule has 0 aromatic heterocycles. The van der Waals surface area contributed by atoms with Gasteiger partial charge in [0.25, 0.3) is 0 Å². The van der Waals surface area contributed by atoms with Crippen LogP contribution >= 0.6 is 0 Å². The minimum atomic E-state index is 0.592. The zero-order valence-electron chi connectivity index (χ0n) is 10.6. The Kier molecular flexibility index (Phi) is 8.59. The van der Waals surface area contributed by atoms with Crippen LogP contribution in [0.5, 0.6) is 0 Å². The summed E-state index contributed by atoms with van der Waals surface area (Å²) in [6, 6.07) is 0. The number of rotatable bonds is 9. The highest BCUT2D eigenvalue weighted by Gasteiger charge is 2.25. The van der Waals surface area contributed by atoms with Gasteiger partial charge in [0.15, 0.2) is 0 Å². The smallest absolute Gasteiger partial charge is 0.145 e. The van der Waals surface area contributed by atoms with E-state index in [2.05, 4.69) is 20.8 Å². The van der Waals surface area contributed by atoms with E-state index in [1.807, 2.05) is 0 Å². The molecule has 0 radical (unpaired) electrons. The summed E-state index contributed by atoms with van der Waals surface area (Å²) >= 11 is 0. The summed E-state index contributed by atoms with van der Waals surface area (Å²) in [6.07, 6.45) is 9.42. The predicted octanol–water partition coefficient (Wildman–Crippen LogP) is 3.06. The third kappa shape index (κ3) is 5.16. The van der Waals surface area contributed by atoms with Gasteiger partial charge in [-0.3, -0.25) is 0 Å². The maximum atomic E-state index is 5.36.